The van der Waals surface area contributed by atoms with Crippen LogP contribution in [0.25, 0.3) is 0 Å². The molecule has 136 valence electrons. The highest BCUT2D eigenvalue weighted by Gasteiger charge is 2.24. The molecule has 0 spiro atoms. The number of methoxy groups -OCH3 is 1. The molecule has 0 aliphatic rings. The van der Waals surface area contributed by atoms with E-state index in [1.807, 2.05) is 48.5 Å². The second-order valence-corrected chi connectivity index (χ2v) is 6.56. The van der Waals surface area contributed by atoms with E-state index in [1.165, 1.54) is 0 Å². The van der Waals surface area contributed by atoms with Gasteiger partial charge in [-0.3, -0.25) is 0 Å². The smallest absolute Gasteiger partial charge is 0.161 e. The summed E-state index contributed by atoms with van der Waals surface area (Å²) in [6.07, 6.45) is 2.56. The van der Waals surface area contributed by atoms with E-state index in [9.17, 15) is 0 Å². The van der Waals surface area contributed by atoms with Gasteiger partial charge in [0, 0.05) is 11.6 Å². The number of ether oxygens (including phenoxy) is 2. The van der Waals surface area contributed by atoms with E-state index in [0.29, 0.717) is 18.1 Å². The van der Waals surface area contributed by atoms with Gasteiger partial charge in [-0.2, -0.15) is 0 Å². The fourth-order valence-electron chi connectivity index (χ4n) is 2.86. The largest absolute Gasteiger partial charge is 0.493 e. The molecular formula is C21H30N2O2. The van der Waals surface area contributed by atoms with Crippen LogP contribution < -0.4 is 20.9 Å². The van der Waals surface area contributed by atoms with Gasteiger partial charge in [0.1, 0.15) is 6.61 Å². The topological polar surface area (TPSA) is 70.5 Å². The SMILES string of the molecule is CCC(N)(CC)CC(N)c1ccc(OCc2ccccc2)c(OC)c1. The second-order valence-electron chi connectivity index (χ2n) is 6.56. The van der Waals surface area contributed by atoms with Crippen LogP contribution in [0.3, 0.4) is 0 Å². The fourth-order valence-corrected chi connectivity index (χ4v) is 2.86. The van der Waals surface area contributed by atoms with Gasteiger partial charge in [-0.05, 0) is 42.5 Å². The van der Waals surface area contributed by atoms with Crippen LogP contribution in [0.2, 0.25) is 0 Å². The molecule has 0 bridgehead atoms. The molecular weight excluding hydrogens is 312 g/mol. The maximum absolute atomic E-state index is 6.41. The summed E-state index contributed by atoms with van der Waals surface area (Å²) in [5, 5.41) is 0. The van der Waals surface area contributed by atoms with Gasteiger partial charge >= 0.3 is 0 Å². The molecule has 0 amide bonds. The molecule has 25 heavy (non-hydrogen) atoms. The van der Waals surface area contributed by atoms with Crippen LogP contribution in [-0.2, 0) is 6.61 Å². The summed E-state index contributed by atoms with van der Waals surface area (Å²) < 4.78 is 11.4. The van der Waals surface area contributed by atoms with Gasteiger partial charge in [-0.15, -0.1) is 0 Å². The molecule has 0 aliphatic carbocycles. The van der Waals surface area contributed by atoms with Crippen molar-refractivity contribution in [2.24, 2.45) is 11.5 Å². The van der Waals surface area contributed by atoms with Crippen molar-refractivity contribution in [1.29, 1.82) is 0 Å². The molecule has 4 nitrogen and oxygen atoms in total. The lowest BCUT2D eigenvalue weighted by Gasteiger charge is -2.30. The van der Waals surface area contributed by atoms with E-state index in [4.69, 9.17) is 20.9 Å². The molecule has 2 rings (SSSR count). The summed E-state index contributed by atoms with van der Waals surface area (Å²) in [6, 6.07) is 15.8. The third kappa shape index (κ3) is 5.21. The zero-order valence-corrected chi connectivity index (χ0v) is 15.5. The van der Waals surface area contributed by atoms with Crippen molar-refractivity contribution < 1.29 is 9.47 Å². The van der Waals surface area contributed by atoms with E-state index in [1.54, 1.807) is 7.11 Å². The number of nitrogens with two attached hydrogens (primary N) is 2. The minimum absolute atomic E-state index is 0.123. The van der Waals surface area contributed by atoms with Crippen molar-refractivity contribution in [2.45, 2.75) is 51.3 Å². The Bertz CT molecular complexity index is 654. The summed E-state index contributed by atoms with van der Waals surface area (Å²) in [4.78, 5) is 0. The predicted molar refractivity (Wildman–Crippen MR) is 103 cm³/mol. The van der Waals surface area contributed by atoms with Crippen molar-refractivity contribution in [3.63, 3.8) is 0 Å². The Morgan fingerprint density at radius 1 is 1.00 bits per heavy atom. The fraction of sp³-hybridized carbons (Fsp3) is 0.429. The summed E-state index contributed by atoms with van der Waals surface area (Å²) >= 11 is 0. The van der Waals surface area contributed by atoms with E-state index in [2.05, 4.69) is 13.8 Å². The summed E-state index contributed by atoms with van der Waals surface area (Å²) in [5.41, 5.74) is 14.7. The molecule has 0 heterocycles. The highest BCUT2D eigenvalue weighted by molar-refractivity contribution is 5.44. The quantitative estimate of drug-likeness (QED) is 0.717. The Hall–Kier alpha value is -2.04. The average Bonchev–Trinajstić information content (AvgIpc) is 2.66. The first-order valence-corrected chi connectivity index (χ1v) is 8.90. The lowest BCUT2D eigenvalue weighted by Crippen LogP contribution is -2.41. The molecule has 0 radical (unpaired) electrons. The Morgan fingerprint density at radius 2 is 1.68 bits per heavy atom. The Morgan fingerprint density at radius 3 is 2.28 bits per heavy atom. The third-order valence-electron chi connectivity index (χ3n) is 4.89. The van der Waals surface area contributed by atoms with E-state index >= 15 is 0 Å². The molecule has 4 N–H and O–H groups in total. The van der Waals surface area contributed by atoms with Crippen LogP contribution in [0, 0.1) is 0 Å². The Kier molecular flexibility index (Phi) is 6.85. The second kappa shape index (κ2) is 8.88. The van der Waals surface area contributed by atoms with Gasteiger partial charge in [-0.25, -0.2) is 0 Å². The number of rotatable bonds is 9. The van der Waals surface area contributed by atoms with Crippen molar-refractivity contribution in [2.75, 3.05) is 7.11 Å². The molecule has 0 fully saturated rings. The molecule has 0 aliphatic heterocycles. The van der Waals surface area contributed by atoms with Gasteiger partial charge in [-0.1, -0.05) is 50.2 Å². The summed E-state index contributed by atoms with van der Waals surface area (Å²) in [7, 11) is 1.64. The standard InChI is InChI=1S/C21H30N2O2/c1-4-21(23,5-2)14-18(22)17-11-12-19(20(13-17)24-3)25-15-16-9-7-6-8-10-16/h6-13,18H,4-5,14-15,22-23H2,1-3H3. The van der Waals surface area contributed by atoms with Crippen LogP contribution in [0.15, 0.2) is 48.5 Å². The lowest BCUT2D eigenvalue weighted by molar-refractivity contribution is 0.284. The predicted octanol–water partition coefficient (Wildman–Crippen LogP) is 4.18. The highest BCUT2D eigenvalue weighted by Crippen LogP contribution is 2.33. The van der Waals surface area contributed by atoms with Gasteiger partial charge in [0.05, 0.1) is 7.11 Å². The van der Waals surface area contributed by atoms with Gasteiger partial charge in [0.15, 0.2) is 11.5 Å². The molecule has 2 aromatic rings. The Balaban J connectivity index is 2.10. The van der Waals surface area contributed by atoms with E-state index in [-0.39, 0.29) is 11.6 Å². The Labute approximate surface area is 151 Å². The number of benzene rings is 2. The summed E-state index contributed by atoms with van der Waals surface area (Å²) in [6.45, 7) is 4.72. The molecule has 0 saturated heterocycles. The molecule has 2 aromatic carbocycles. The van der Waals surface area contributed by atoms with E-state index < -0.39 is 0 Å². The molecule has 4 heteroatoms. The van der Waals surface area contributed by atoms with Crippen LogP contribution in [0.4, 0.5) is 0 Å². The minimum Gasteiger partial charge on any atom is -0.493 e. The normalized spacial score (nSPS) is 12.7. The maximum Gasteiger partial charge on any atom is 0.161 e. The van der Waals surface area contributed by atoms with Crippen molar-refractivity contribution in [3.8, 4) is 11.5 Å². The molecule has 1 unspecified atom stereocenters. The first-order chi connectivity index (χ1) is 12.0. The first kappa shape index (κ1) is 19.3. The van der Waals surface area contributed by atoms with Crippen molar-refractivity contribution >= 4 is 0 Å². The molecule has 0 aromatic heterocycles. The highest BCUT2D eigenvalue weighted by atomic mass is 16.5. The van der Waals surface area contributed by atoms with Crippen LogP contribution >= 0.6 is 0 Å². The van der Waals surface area contributed by atoms with Gasteiger partial charge < -0.3 is 20.9 Å². The van der Waals surface area contributed by atoms with Gasteiger partial charge in [0.25, 0.3) is 0 Å². The average molecular weight is 342 g/mol. The van der Waals surface area contributed by atoms with Gasteiger partial charge in [0.2, 0.25) is 0 Å². The van der Waals surface area contributed by atoms with E-state index in [0.717, 1.165) is 30.4 Å². The number of hydrogen-bond acceptors (Lipinski definition) is 4. The molecule has 1 atom stereocenters. The van der Waals surface area contributed by atoms with Crippen LogP contribution in [-0.4, -0.2) is 12.6 Å². The van der Waals surface area contributed by atoms with Crippen molar-refractivity contribution in [3.05, 3.63) is 59.7 Å². The minimum atomic E-state index is -0.227. The lowest BCUT2D eigenvalue weighted by atomic mass is 9.85. The summed E-state index contributed by atoms with van der Waals surface area (Å²) in [5.74, 6) is 1.41. The zero-order valence-electron chi connectivity index (χ0n) is 15.5. The third-order valence-corrected chi connectivity index (χ3v) is 4.89. The number of hydrogen-bond donors (Lipinski definition) is 2. The van der Waals surface area contributed by atoms with Crippen molar-refractivity contribution in [1.82, 2.24) is 0 Å². The first-order valence-electron chi connectivity index (χ1n) is 8.90. The van der Waals surface area contributed by atoms with Crippen LogP contribution in [0.1, 0.15) is 50.3 Å². The molecule has 0 saturated carbocycles. The van der Waals surface area contributed by atoms with Crippen LogP contribution in [0.5, 0.6) is 11.5 Å². The monoisotopic (exact) mass is 342 g/mol. The zero-order chi connectivity index (χ0) is 18.3. The maximum atomic E-state index is 6.41.